The van der Waals surface area contributed by atoms with Crippen molar-refractivity contribution in [1.29, 1.82) is 0 Å². The molecule has 1 fully saturated rings. The van der Waals surface area contributed by atoms with Crippen LogP contribution in [0.5, 0.6) is 0 Å². The lowest BCUT2D eigenvalue weighted by atomic mass is 10.2. The highest BCUT2D eigenvalue weighted by Gasteiger charge is 2.28. The van der Waals surface area contributed by atoms with Crippen molar-refractivity contribution in [2.24, 2.45) is 0 Å². The number of hydrogen-bond acceptors (Lipinski definition) is 3. The van der Waals surface area contributed by atoms with E-state index in [2.05, 4.69) is 17.0 Å². The normalized spacial score (nSPS) is 18.8. The number of fused-ring (bicyclic) bond motifs is 1. The predicted octanol–water partition coefficient (Wildman–Crippen LogP) is 1.12. The third kappa shape index (κ3) is 2.17. The first-order valence-electron chi connectivity index (χ1n) is 6.75. The molecule has 0 radical (unpaired) electrons. The minimum Gasteiger partial charge on any atom is -0.379 e. The summed E-state index contributed by atoms with van der Waals surface area (Å²) in [5.41, 5.74) is 1.62. The number of nitrogens with one attached hydrogen (secondary N) is 1. The van der Waals surface area contributed by atoms with Crippen molar-refractivity contribution in [2.45, 2.75) is 19.5 Å². The summed E-state index contributed by atoms with van der Waals surface area (Å²) in [6, 6.07) is 7.65. The predicted molar refractivity (Wildman–Crippen MR) is 71.4 cm³/mol. The summed E-state index contributed by atoms with van der Waals surface area (Å²) < 4.78 is 8.19. The first-order chi connectivity index (χ1) is 9.31. The second-order valence-electron chi connectivity index (χ2n) is 4.79. The molecule has 2 aromatic rings. The van der Waals surface area contributed by atoms with E-state index in [0.717, 1.165) is 42.8 Å². The number of aromatic amines is 1. The van der Waals surface area contributed by atoms with Crippen molar-refractivity contribution in [2.75, 3.05) is 26.3 Å². The van der Waals surface area contributed by atoms with Gasteiger partial charge in [0.05, 0.1) is 17.8 Å². The Balaban J connectivity index is 2.03. The SMILES string of the molecule is CCC(N1CCOCC1)n1[nH][n+](=O)c2ccccc21. The van der Waals surface area contributed by atoms with Crippen molar-refractivity contribution in [3.05, 3.63) is 29.2 Å². The molecule has 1 saturated heterocycles. The fraction of sp³-hybridized carbons (Fsp3) is 0.538. The molecular formula is C13H19N4O2+. The Morgan fingerprint density at radius 3 is 2.84 bits per heavy atom. The number of aromatic nitrogens is 3. The van der Waals surface area contributed by atoms with Gasteiger partial charge in [-0.3, -0.25) is 4.90 Å². The van der Waals surface area contributed by atoms with Crippen molar-refractivity contribution in [3.63, 3.8) is 0 Å². The van der Waals surface area contributed by atoms with Crippen LogP contribution in [0.2, 0.25) is 0 Å². The van der Waals surface area contributed by atoms with Crippen LogP contribution >= 0.6 is 0 Å². The van der Waals surface area contributed by atoms with Crippen LogP contribution in [-0.2, 0) is 4.74 Å². The van der Waals surface area contributed by atoms with Crippen LogP contribution in [0, 0.1) is 4.91 Å². The molecule has 1 unspecified atom stereocenters. The van der Waals surface area contributed by atoms with Gasteiger partial charge in [0.2, 0.25) is 11.0 Å². The number of H-pyrrole nitrogens is 1. The smallest absolute Gasteiger partial charge is 0.249 e. The highest BCUT2D eigenvalue weighted by Crippen LogP contribution is 2.21. The van der Waals surface area contributed by atoms with Gasteiger partial charge in [0.1, 0.15) is 0 Å². The summed E-state index contributed by atoms with van der Waals surface area (Å²) in [6.45, 7) is 5.45. The van der Waals surface area contributed by atoms with E-state index in [0.29, 0.717) is 5.52 Å². The van der Waals surface area contributed by atoms with Gasteiger partial charge in [-0.05, 0) is 17.0 Å². The van der Waals surface area contributed by atoms with Gasteiger partial charge in [-0.1, -0.05) is 24.3 Å². The molecule has 2 heterocycles. The van der Waals surface area contributed by atoms with Crippen LogP contribution < -0.4 is 4.54 Å². The van der Waals surface area contributed by atoms with Crippen molar-refractivity contribution in [1.82, 2.24) is 14.8 Å². The van der Waals surface area contributed by atoms with Crippen LogP contribution in [-0.4, -0.2) is 41.1 Å². The van der Waals surface area contributed by atoms with Gasteiger partial charge >= 0.3 is 0 Å². The standard InChI is InChI=1S/C13H19N4O2/c1-2-13(15-7-9-19-10-8-15)16-11-5-3-4-6-12(11)17(18)14-16/h3-6,13H,2,7-10H2,1H3,(H,14,18)/q+1. The van der Waals surface area contributed by atoms with Crippen molar-refractivity contribution in [3.8, 4) is 0 Å². The third-order valence-corrected chi connectivity index (χ3v) is 3.69. The van der Waals surface area contributed by atoms with Crippen LogP contribution in [0.4, 0.5) is 0 Å². The second-order valence-corrected chi connectivity index (χ2v) is 4.79. The summed E-state index contributed by atoms with van der Waals surface area (Å²) in [6.07, 6.45) is 1.11. The van der Waals surface area contributed by atoms with Crippen molar-refractivity contribution >= 4 is 11.0 Å². The summed E-state index contributed by atoms with van der Waals surface area (Å²) in [5.74, 6) is 0. The fourth-order valence-electron chi connectivity index (χ4n) is 2.75. The third-order valence-electron chi connectivity index (χ3n) is 3.69. The molecule has 102 valence electrons. The fourth-order valence-corrected chi connectivity index (χ4v) is 2.75. The maximum atomic E-state index is 11.9. The van der Waals surface area contributed by atoms with Gasteiger partial charge in [0.15, 0.2) is 6.17 Å². The Kier molecular flexibility index (Phi) is 3.35. The van der Waals surface area contributed by atoms with Gasteiger partial charge in [0, 0.05) is 19.5 Å². The molecule has 0 amide bonds. The zero-order valence-electron chi connectivity index (χ0n) is 11.1. The zero-order valence-corrected chi connectivity index (χ0v) is 11.1. The second kappa shape index (κ2) is 5.14. The highest BCUT2D eigenvalue weighted by atomic mass is 16.5. The molecule has 6 heteroatoms. The largest absolute Gasteiger partial charge is 0.379 e. The number of rotatable bonds is 3. The Hall–Kier alpha value is -1.66. The number of para-hydroxylation sites is 2. The van der Waals surface area contributed by atoms with Crippen molar-refractivity contribution < 1.29 is 9.28 Å². The van der Waals surface area contributed by atoms with Crippen LogP contribution in [0.15, 0.2) is 24.3 Å². The lowest BCUT2D eigenvalue weighted by molar-refractivity contribution is -0.542. The van der Waals surface area contributed by atoms with Gasteiger partial charge < -0.3 is 4.74 Å². The molecule has 0 saturated carbocycles. The first-order valence-corrected chi connectivity index (χ1v) is 6.75. The summed E-state index contributed by atoms with van der Waals surface area (Å²) in [7, 11) is 0. The minimum atomic E-state index is 0.170. The molecule has 1 aromatic carbocycles. The molecule has 19 heavy (non-hydrogen) atoms. The lowest BCUT2D eigenvalue weighted by Gasteiger charge is -2.31. The number of benzene rings is 1. The van der Waals surface area contributed by atoms with E-state index in [-0.39, 0.29) is 6.17 Å². The average molecular weight is 263 g/mol. The van der Waals surface area contributed by atoms with E-state index >= 15 is 0 Å². The van der Waals surface area contributed by atoms with Crippen LogP contribution in [0.3, 0.4) is 0 Å². The maximum absolute atomic E-state index is 11.9. The summed E-state index contributed by atoms with van der Waals surface area (Å²) in [4.78, 5) is 14.3. The Morgan fingerprint density at radius 2 is 2.11 bits per heavy atom. The zero-order chi connectivity index (χ0) is 13.2. The topological polar surface area (TPSA) is 56.2 Å². The number of ether oxygens (including phenoxy) is 1. The molecule has 6 nitrogen and oxygen atoms in total. The molecule has 0 spiro atoms. The Labute approximate surface area is 111 Å². The van der Waals surface area contributed by atoms with Gasteiger partial charge in [-0.2, -0.15) is 0 Å². The average Bonchev–Trinajstić information content (AvgIpc) is 2.79. The molecule has 1 aromatic heterocycles. The van der Waals surface area contributed by atoms with E-state index < -0.39 is 0 Å². The Morgan fingerprint density at radius 1 is 1.37 bits per heavy atom. The molecule has 1 aliphatic rings. The van der Waals surface area contributed by atoms with E-state index in [9.17, 15) is 4.91 Å². The van der Waals surface area contributed by atoms with E-state index in [1.165, 1.54) is 0 Å². The minimum absolute atomic E-state index is 0.170. The van der Waals surface area contributed by atoms with Gasteiger partial charge in [-0.15, -0.1) is 4.68 Å². The molecule has 1 atom stereocenters. The molecule has 0 aliphatic carbocycles. The van der Waals surface area contributed by atoms with E-state index in [1.807, 2.05) is 28.9 Å². The molecule has 0 bridgehead atoms. The van der Waals surface area contributed by atoms with E-state index in [4.69, 9.17) is 4.74 Å². The lowest BCUT2D eigenvalue weighted by Crippen LogP contribution is -2.42. The van der Waals surface area contributed by atoms with Crippen LogP contribution in [0.1, 0.15) is 19.5 Å². The van der Waals surface area contributed by atoms with Gasteiger partial charge in [0.25, 0.3) is 0 Å². The molecule has 3 rings (SSSR count). The monoisotopic (exact) mass is 263 g/mol. The van der Waals surface area contributed by atoms with Crippen LogP contribution in [0.25, 0.3) is 11.0 Å². The first kappa shape index (κ1) is 12.4. The summed E-state index contributed by atoms with van der Waals surface area (Å²) in [5, 5.41) is 2.90. The number of hydrogen-bond donors (Lipinski definition) is 1. The quantitative estimate of drug-likeness (QED) is 0.844. The number of nitrogens with zero attached hydrogens (tertiary/aromatic N) is 3. The molecule has 1 N–H and O–H groups in total. The molecule has 1 aliphatic heterocycles. The maximum Gasteiger partial charge on any atom is 0.249 e. The Bertz CT molecular complexity index is 612. The molecular weight excluding hydrogens is 244 g/mol. The number of morpholine rings is 1. The van der Waals surface area contributed by atoms with Gasteiger partial charge in [-0.25, -0.2) is 0 Å². The highest BCUT2D eigenvalue weighted by molar-refractivity contribution is 5.70. The van der Waals surface area contributed by atoms with E-state index in [1.54, 1.807) is 0 Å². The summed E-state index contributed by atoms with van der Waals surface area (Å²) >= 11 is 0.